The molecule has 0 spiro atoms. The minimum Gasteiger partial charge on any atom is -0.497 e. The quantitative estimate of drug-likeness (QED) is 0.864. The Morgan fingerprint density at radius 3 is 2.16 bits per heavy atom. The third-order valence-corrected chi connectivity index (χ3v) is 5.70. The number of hydrogen-bond acceptors (Lipinski definition) is 5. The summed E-state index contributed by atoms with van der Waals surface area (Å²) in [4.78, 5) is 12.8. The van der Waals surface area contributed by atoms with Crippen molar-refractivity contribution < 1.29 is 18.3 Å². The van der Waals surface area contributed by atoms with Gasteiger partial charge >= 0.3 is 0 Å². The summed E-state index contributed by atoms with van der Waals surface area (Å²) in [5, 5.41) is 9.23. The maximum absolute atomic E-state index is 13.2. The van der Waals surface area contributed by atoms with Crippen molar-refractivity contribution in [2.45, 2.75) is 44.6 Å². The van der Waals surface area contributed by atoms with Gasteiger partial charge in [0.15, 0.2) is 0 Å². The first kappa shape index (κ1) is 19.3. The van der Waals surface area contributed by atoms with E-state index in [1.807, 2.05) is 0 Å². The molecule has 0 saturated heterocycles. The van der Waals surface area contributed by atoms with Crippen LogP contribution in [-0.4, -0.2) is 36.0 Å². The lowest BCUT2D eigenvalue weighted by molar-refractivity contribution is 0.298. The van der Waals surface area contributed by atoms with Crippen LogP contribution < -0.4 is 10.3 Å². The van der Waals surface area contributed by atoms with Gasteiger partial charge in [-0.25, -0.2) is 4.68 Å². The Morgan fingerprint density at radius 1 is 1.16 bits per heavy atom. The number of ether oxygens (including phenoxy) is 1. The van der Waals surface area contributed by atoms with Gasteiger partial charge in [-0.1, -0.05) is 0 Å². The molecule has 25 heavy (non-hydrogen) atoms. The topological polar surface area (TPSA) is 90.5 Å². The van der Waals surface area contributed by atoms with Gasteiger partial charge in [0.05, 0.1) is 23.2 Å². The summed E-state index contributed by atoms with van der Waals surface area (Å²) in [6.45, 7) is 6.63. The van der Waals surface area contributed by atoms with E-state index >= 15 is 0 Å². The molecule has 0 aliphatic heterocycles. The lowest BCUT2D eigenvalue weighted by Crippen LogP contribution is -2.39. The molecule has 0 fully saturated rings. The van der Waals surface area contributed by atoms with Crippen LogP contribution in [0.3, 0.4) is 0 Å². The van der Waals surface area contributed by atoms with Gasteiger partial charge in [-0.3, -0.25) is 4.79 Å². The van der Waals surface area contributed by atoms with E-state index in [2.05, 4.69) is 0 Å². The van der Waals surface area contributed by atoms with E-state index in [1.54, 1.807) is 39.8 Å². The highest BCUT2D eigenvalue weighted by Crippen LogP contribution is 2.23. The molecule has 7 nitrogen and oxygen atoms in total. The van der Waals surface area contributed by atoms with Gasteiger partial charge in [0.25, 0.3) is 15.6 Å². The Hall–Kier alpha value is -2.06. The Kier molecular flexibility index (Phi) is 5.15. The van der Waals surface area contributed by atoms with E-state index in [0.29, 0.717) is 17.0 Å². The second kappa shape index (κ2) is 6.68. The van der Waals surface area contributed by atoms with Gasteiger partial charge in [0.1, 0.15) is 5.75 Å². The highest BCUT2D eigenvalue weighted by atomic mass is 32.2. The number of nitrogens with zero attached hydrogens (tertiary/aromatic N) is 2. The summed E-state index contributed by atoms with van der Waals surface area (Å²) < 4.78 is 33.7. The van der Waals surface area contributed by atoms with Gasteiger partial charge in [0, 0.05) is 18.6 Å². The minimum atomic E-state index is -3.99. The number of rotatable bonds is 5. The first-order valence-electron chi connectivity index (χ1n) is 7.90. The molecule has 0 unspecified atom stereocenters. The number of aliphatic hydroxyl groups excluding tert-OH is 1. The zero-order valence-electron chi connectivity index (χ0n) is 15.1. The third kappa shape index (κ3) is 3.36. The second-order valence-electron chi connectivity index (χ2n) is 6.75. The van der Waals surface area contributed by atoms with Crippen molar-refractivity contribution in [2.24, 2.45) is 0 Å². The standard InChI is InChI=1S/C17H24N2O5S/c1-12-15(10-11-20)16(21)18(17(2,3)4)19(12)25(22,23)14-8-6-13(24-5)7-9-14/h6-9,20H,10-11H2,1-5H3. The van der Waals surface area contributed by atoms with Crippen molar-refractivity contribution in [3.8, 4) is 5.75 Å². The van der Waals surface area contributed by atoms with Crippen molar-refractivity contribution in [2.75, 3.05) is 13.7 Å². The van der Waals surface area contributed by atoms with Crippen LogP contribution in [0.5, 0.6) is 5.75 Å². The van der Waals surface area contributed by atoms with Gasteiger partial charge in [0.2, 0.25) is 0 Å². The molecule has 8 heteroatoms. The smallest absolute Gasteiger partial charge is 0.281 e. The molecule has 0 aliphatic rings. The summed E-state index contributed by atoms with van der Waals surface area (Å²) in [5.74, 6) is 0.539. The van der Waals surface area contributed by atoms with E-state index < -0.39 is 21.1 Å². The van der Waals surface area contributed by atoms with Crippen molar-refractivity contribution in [1.29, 1.82) is 0 Å². The number of aliphatic hydroxyl groups is 1. The van der Waals surface area contributed by atoms with Crippen molar-refractivity contribution in [3.05, 3.63) is 45.9 Å². The van der Waals surface area contributed by atoms with Gasteiger partial charge in [-0.2, -0.15) is 12.5 Å². The highest BCUT2D eigenvalue weighted by Gasteiger charge is 2.31. The van der Waals surface area contributed by atoms with Crippen LogP contribution in [0.25, 0.3) is 0 Å². The number of methoxy groups -OCH3 is 1. The third-order valence-electron chi connectivity index (χ3n) is 3.94. The molecule has 1 heterocycles. The first-order chi connectivity index (χ1) is 11.6. The lowest BCUT2D eigenvalue weighted by atomic mass is 10.1. The minimum absolute atomic E-state index is 0.0555. The highest BCUT2D eigenvalue weighted by molar-refractivity contribution is 7.89. The maximum atomic E-state index is 13.2. The predicted molar refractivity (Wildman–Crippen MR) is 94.8 cm³/mol. The van der Waals surface area contributed by atoms with Gasteiger partial charge in [-0.05, 0) is 52.0 Å². The number of benzene rings is 1. The van der Waals surface area contributed by atoms with E-state index in [9.17, 15) is 18.3 Å². The van der Waals surface area contributed by atoms with Crippen LogP contribution in [0.1, 0.15) is 32.0 Å². The molecule has 2 aromatic rings. The van der Waals surface area contributed by atoms with E-state index in [4.69, 9.17) is 4.74 Å². The monoisotopic (exact) mass is 368 g/mol. The fourth-order valence-electron chi connectivity index (χ4n) is 2.74. The Balaban J connectivity index is 2.79. The Morgan fingerprint density at radius 2 is 1.72 bits per heavy atom. The normalized spacial score (nSPS) is 12.4. The predicted octanol–water partition coefficient (Wildman–Crippen LogP) is 1.49. The molecule has 138 valence electrons. The van der Waals surface area contributed by atoms with E-state index in [0.717, 1.165) is 4.09 Å². The van der Waals surface area contributed by atoms with Crippen LogP contribution in [-0.2, 0) is 22.0 Å². The molecule has 0 amide bonds. The summed E-state index contributed by atoms with van der Waals surface area (Å²) in [6.07, 6.45) is 0.103. The van der Waals surface area contributed by atoms with Crippen molar-refractivity contribution >= 4 is 10.0 Å². The molecule has 0 atom stereocenters. The van der Waals surface area contributed by atoms with Crippen molar-refractivity contribution in [1.82, 2.24) is 8.77 Å². The average Bonchev–Trinajstić information content (AvgIpc) is 2.80. The van der Waals surface area contributed by atoms with Gasteiger partial charge in [-0.15, -0.1) is 0 Å². The zero-order chi connectivity index (χ0) is 19.0. The summed E-state index contributed by atoms with van der Waals surface area (Å²) in [6, 6.07) is 5.99. The molecule has 1 aromatic carbocycles. The van der Waals surface area contributed by atoms with E-state index in [-0.39, 0.29) is 17.9 Å². The summed E-state index contributed by atoms with van der Waals surface area (Å²) in [5.41, 5.74) is -0.551. The molecule has 1 N–H and O–H groups in total. The lowest BCUT2D eigenvalue weighted by Gasteiger charge is -2.25. The fraction of sp³-hybridized carbons (Fsp3) is 0.471. The SMILES string of the molecule is COc1ccc(S(=O)(=O)n2c(C)c(CCO)c(=O)n2C(C)(C)C)cc1. The van der Waals surface area contributed by atoms with Crippen molar-refractivity contribution in [3.63, 3.8) is 0 Å². The van der Waals surface area contributed by atoms with Crippen LogP contribution in [0.4, 0.5) is 0 Å². The van der Waals surface area contributed by atoms with E-state index in [1.165, 1.54) is 23.9 Å². The Labute approximate surface area is 147 Å². The number of aromatic nitrogens is 2. The van der Waals surface area contributed by atoms with Crippen LogP contribution in [0.2, 0.25) is 0 Å². The average molecular weight is 368 g/mol. The molecular formula is C17H24N2O5S. The summed E-state index contributed by atoms with van der Waals surface area (Å²) >= 11 is 0. The molecule has 0 radical (unpaired) electrons. The molecule has 2 rings (SSSR count). The largest absolute Gasteiger partial charge is 0.497 e. The molecule has 1 aromatic heterocycles. The van der Waals surface area contributed by atoms with Gasteiger partial charge < -0.3 is 9.84 Å². The molecule has 0 saturated carbocycles. The maximum Gasteiger partial charge on any atom is 0.281 e. The fourth-order valence-corrected chi connectivity index (χ4v) is 4.43. The van der Waals surface area contributed by atoms with Crippen LogP contribution in [0, 0.1) is 6.92 Å². The van der Waals surface area contributed by atoms with Crippen LogP contribution in [0.15, 0.2) is 34.0 Å². The van der Waals surface area contributed by atoms with Crippen LogP contribution >= 0.6 is 0 Å². The summed E-state index contributed by atoms with van der Waals surface area (Å²) in [7, 11) is -2.49. The molecule has 0 aliphatic carbocycles. The molecule has 0 bridgehead atoms. The Bertz CT molecular complexity index is 916. The number of hydrogen-bond donors (Lipinski definition) is 1. The first-order valence-corrected chi connectivity index (χ1v) is 9.34. The zero-order valence-corrected chi connectivity index (χ0v) is 15.9. The molecular weight excluding hydrogens is 344 g/mol. The second-order valence-corrected chi connectivity index (χ2v) is 8.52.